The number of aryl methyl sites for hydroxylation is 1. The van der Waals surface area contributed by atoms with Gasteiger partial charge < -0.3 is 15.8 Å². The molecule has 16 heteroatoms. The van der Waals surface area contributed by atoms with E-state index in [4.69, 9.17) is 22.1 Å². The number of benzene rings is 1. The molecule has 1 aromatic carbocycles. The molecular weight excluding hydrogens is 651 g/mol. The maximum absolute atomic E-state index is 13.8. The van der Waals surface area contributed by atoms with E-state index < -0.39 is 23.7 Å². The van der Waals surface area contributed by atoms with E-state index in [2.05, 4.69) is 36.4 Å². The van der Waals surface area contributed by atoms with E-state index in [-0.39, 0.29) is 38.8 Å². The van der Waals surface area contributed by atoms with Crippen molar-refractivity contribution in [1.29, 1.82) is 0 Å². The zero-order valence-corrected chi connectivity index (χ0v) is 24.2. The Kier molecular flexibility index (Phi) is 7.52. The molecule has 0 atom stereocenters. The van der Waals surface area contributed by atoms with Gasteiger partial charge in [0.15, 0.2) is 12.4 Å². The molecule has 2 amide bonds. The average molecular weight is 669 g/mol. The Hall–Kier alpha value is -3.95. The number of nitrogens with two attached hydrogens (primary N) is 1. The van der Waals surface area contributed by atoms with E-state index >= 15 is 0 Å². The molecule has 0 aliphatic heterocycles. The molecule has 5 aromatic rings. The minimum atomic E-state index is -4.77. The van der Waals surface area contributed by atoms with Gasteiger partial charge in [-0.2, -0.15) is 23.4 Å². The predicted octanol–water partition coefficient (Wildman–Crippen LogP) is 6.02. The maximum Gasteiger partial charge on any atom is 0.433 e. The highest BCUT2D eigenvalue weighted by Gasteiger charge is 2.35. The standard InChI is InChI=1S/C25H18BrClF3N7O3S/c1-11-14(9-32-36(11)2)13-8-18(25(28,29)30)33-24-19(13)20(21(41-24)22(31)38)34-23(39)16-5-6-37(35-16)10-40-17-4-3-12(27)7-15(17)26/h3-9H,10H2,1-2H3,(H2,31,38)(H,34,39). The summed E-state index contributed by atoms with van der Waals surface area (Å²) in [6, 6.07) is 7.25. The number of nitrogens with one attached hydrogen (secondary N) is 1. The highest BCUT2D eigenvalue weighted by atomic mass is 79.9. The minimum absolute atomic E-state index is 0.0440. The lowest BCUT2D eigenvalue weighted by atomic mass is 10.0. The van der Waals surface area contributed by atoms with Crippen LogP contribution in [0, 0.1) is 6.92 Å². The van der Waals surface area contributed by atoms with Gasteiger partial charge in [-0.15, -0.1) is 11.3 Å². The Morgan fingerprint density at radius 1 is 1.22 bits per heavy atom. The highest BCUT2D eigenvalue weighted by Crippen LogP contribution is 2.44. The van der Waals surface area contributed by atoms with Crippen molar-refractivity contribution in [3.05, 3.63) is 74.2 Å². The van der Waals surface area contributed by atoms with Crippen LogP contribution >= 0.6 is 38.9 Å². The first-order chi connectivity index (χ1) is 19.3. The molecule has 212 valence electrons. The lowest BCUT2D eigenvalue weighted by Gasteiger charge is -2.12. The van der Waals surface area contributed by atoms with Crippen LogP contribution in [-0.4, -0.2) is 36.4 Å². The Morgan fingerprint density at radius 2 is 1.98 bits per heavy atom. The third-order valence-corrected chi connectivity index (χ3v) is 8.01. The SMILES string of the molecule is Cc1c(-c2cc(C(F)(F)F)nc3sc(C(N)=O)c(NC(=O)c4ccn(COc5ccc(Cl)cc5Br)n4)c23)cnn1C. The zero-order chi connectivity index (χ0) is 29.6. The van der Waals surface area contributed by atoms with Gasteiger partial charge in [-0.05, 0) is 58.7 Å². The third-order valence-electron chi connectivity index (χ3n) is 6.06. The van der Waals surface area contributed by atoms with Crippen molar-refractivity contribution >= 4 is 66.6 Å². The third kappa shape index (κ3) is 5.64. The predicted molar refractivity (Wildman–Crippen MR) is 150 cm³/mol. The number of nitrogens with zero attached hydrogens (tertiary/aromatic N) is 5. The number of hydrogen-bond donors (Lipinski definition) is 2. The molecule has 0 aliphatic carbocycles. The summed E-state index contributed by atoms with van der Waals surface area (Å²) in [6.07, 6.45) is -1.87. The second kappa shape index (κ2) is 10.8. The fourth-order valence-corrected chi connectivity index (χ4v) is 5.78. The van der Waals surface area contributed by atoms with Crippen molar-refractivity contribution in [2.75, 3.05) is 5.32 Å². The topological polar surface area (TPSA) is 130 Å². The number of alkyl halides is 3. The summed E-state index contributed by atoms with van der Waals surface area (Å²) in [6.45, 7) is 1.63. The molecule has 0 saturated heterocycles. The van der Waals surface area contributed by atoms with Crippen LogP contribution in [0.5, 0.6) is 5.75 Å². The Bertz CT molecular complexity index is 1830. The summed E-state index contributed by atoms with van der Waals surface area (Å²) >= 11 is 9.94. The number of amides is 2. The quantitative estimate of drug-likeness (QED) is 0.218. The van der Waals surface area contributed by atoms with Crippen LogP contribution in [0.1, 0.15) is 31.5 Å². The van der Waals surface area contributed by atoms with Crippen molar-refractivity contribution in [2.24, 2.45) is 12.8 Å². The van der Waals surface area contributed by atoms with Crippen LogP contribution in [0.25, 0.3) is 21.3 Å². The van der Waals surface area contributed by atoms with Crippen LogP contribution in [0.4, 0.5) is 18.9 Å². The number of pyridine rings is 1. The van der Waals surface area contributed by atoms with Crippen molar-refractivity contribution in [2.45, 2.75) is 19.8 Å². The molecule has 0 unspecified atom stereocenters. The Labute approximate surface area is 247 Å². The van der Waals surface area contributed by atoms with E-state index in [0.717, 1.165) is 6.07 Å². The smallest absolute Gasteiger partial charge is 0.433 e. The number of halogens is 5. The zero-order valence-electron chi connectivity index (χ0n) is 21.1. The van der Waals surface area contributed by atoms with Gasteiger partial charge >= 0.3 is 6.18 Å². The van der Waals surface area contributed by atoms with Gasteiger partial charge in [-0.3, -0.25) is 14.3 Å². The fraction of sp³-hybridized carbons (Fsp3) is 0.160. The first-order valence-corrected chi connectivity index (χ1v) is 13.6. The van der Waals surface area contributed by atoms with E-state index in [0.29, 0.717) is 37.8 Å². The summed E-state index contributed by atoms with van der Waals surface area (Å²) < 4.78 is 50.4. The van der Waals surface area contributed by atoms with Gasteiger partial charge in [-0.25, -0.2) is 9.67 Å². The lowest BCUT2D eigenvalue weighted by molar-refractivity contribution is -0.140. The number of rotatable bonds is 7. The highest BCUT2D eigenvalue weighted by molar-refractivity contribution is 9.10. The monoisotopic (exact) mass is 667 g/mol. The number of fused-ring (bicyclic) bond motifs is 1. The van der Waals surface area contributed by atoms with Crippen molar-refractivity contribution in [3.8, 4) is 16.9 Å². The number of hydrogen-bond acceptors (Lipinski definition) is 7. The summed E-state index contributed by atoms with van der Waals surface area (Å²) in [4.78, 5) is 29.0. The fourth-order valence-electron chi connectivity index (χ4n) is 3.97. The van der Waals surface area contributed by atoms with Crippen LogP contribution < -0.4 is 15.8 Å². The van der Waals surface area contributed by atoms with Gasteiger partial charge in [0.2, 0.25) is 0 Å². The van der Waals surface area contributed by atoms with Gasteiger partial charge in [0.25, 0.3) is 11.8 Å². The van der Waals surface area contributed by atoms with Crippen molar-refractivity contribution < 1.29 is 27.5 Å². The van der Waals surface area contributed by atoms with Gasteiger partial charge in [0.05, 0.1) is 16.4 Å². The molecule has 0 saturated carbocycles. The van der Waals surface area contributed by atoms with Gasteiger partial charge in [0.1, 0.15) is 21.2 Å². The first kappa shape index (κ1) is 28.6. The molecule has 4 heterocycles. The van der Waals surface area contributed by atoms with Crippen LogP contribution in [0.2, 0.25) is 5.02 Å². The molecule has 0 spiro atoms. The molecule has 10 nitrogen and oxygen atoms in total. The number of primary amides is 1. The summed E-state index contributed by atoms with van der Waals surface area (Å²) in [5, 5.41) is 11.6. The van der Waals surface area contributed by atoms with Crippen LogP contribution in [0.3, 0.4) is 0 Å². The number of anilines is 1. The lowest BCUT2D eigenvalue weighted by Crippen LogP contribution is -2.18. The molecule has 0 radical (unpaired) electrons. The Morgan fingerprint density at radius 3 is 2.61 bits per heavy atom. The van der Waals surface area contributed by atoms with Crippen molar-refractivity contribution in [1.82, 2.24) is 24.5 Å². The molecule has 0 aliphatic rings. The van der Waals surface area contributed by atoms with Crippen molar-refractivity contribution in [3.63, 3.8) is 0 Å². The minimum Gasteiger partial charge on any atom is -0.470 e. The summed E-state index contributed by atoms with van der Waals surface area (Å²) in [7, 11) is 1.64. The molecule has 0 fully saturated rings. The van der Waals surface area contributed by atoms with Gasteiger partial charge in [-0.1, -0.05) is 11.6 Å². The molecular formula is C25H18BrClF3N7O3S. The largest absolute Gasteiger partial charge is 0.470 e. The second-order valence-corrected chi connectivity index (χ2v) is 11.0. The average Bonchev–Trinajstić information content (AvgIpc) is 3.61. The van der Waals surface area contributed by atoms with Crippen LogP contribution in [0.15, 0.2) is 47.2 Å². The molecule has 41 heavy (non-hydrogen) atoms. The molecule has 0 bridgehead atoms. The Balaban J connectivity index is 1.52. The van der Waals surface area contributed by atoms with E-state index in [1.54, 1.807) is 32.2 Å². The molecule has 3 N–H and O–H groups in total. The van der Waals surface area contributed by atoms with E-state index in [1.807, 2.05) is 0 Å². The first-order valence-electron chi connectivity index (χ1n) is 11.6. The molecule has 5 rings (SSSR count). The number of carbonyl (C=O) groups is 2. The number of aromatic nitrogens is 5. The maximum atomic E-state index is 13.8. The summed E-state index contributed by atoms with van der Waals surface area (Å²) in [5.74, 6) is -1.18. The summed E-state index contributed by atoms with van der Waals surface area (Å²) in [5.41, 5.74) is 5.29. The second-order valence-electron chi connectivity index (χ2n) is 8.71. The van der Waals surface area contributed by atoms with E-state index in [9.17, 15) is 22.8 Å². The normalized spacial score (nSPS) is 11.7. The van der Waals surface area contributed by atoms with Gasteiger partial charge in [0, 0.05) is 34.9 Å². The number of thiophene rings is 1. The molecule has 4 aromatic heterocycles. The number of ether oxygens (including phenoxy) is 1. The van der Waals surface area contributed by atoms with Crippen LogP contribution in [-0.2, 0) is 20.0 Å². The number of carbonyl (C=O) groups excluding carboxylic acids is 2. The van der Waals surface area contributed by atoms with E-state index in [1.165, 1.54) is 27.8 Å².